The molecule has 1 aromatic rings. The van der Waals surface area contributed by atoms with E-state index in [0.29, 0.717) is 6.04 Å². The maximum absolute atomic E-state index is 6.20. The van der Waals surface area contributed by atoms with Crippen molar-refractivity contribution in [2.45, 2.75) is 32.4 Å². The predicted molar refractivity (Wildman–Crippen MR) is 73.4 cm³/mol. The number of nitrogens with zero attached hydrogens (tertiary/aromatic N) is 1. The van der Waals surface area contributed by atoms with Gasteiger partial charge in [0, 0.05) is 24.2 Å². The van der Waals surface area contributed by atoms with Gasteiger partial charge in [-0.25, -0.2) is 0 Å². The van der Waals surface area contributed by atoms with Gasteiger partial charge in [0.05, 0.1) is 0 Å². The van der Waals surface area contributed by atoms with Crippen LogP contribution < -0.4 is 5.32 Å². The van der Waals surface area contributed by atoms with E-state index in [0.717, 1.165) is 24.7 Å². The summed E-state index contributed by atoms with van der Waals surface area (Å²) < 4.78 is 0. The fraction of sp³-hybridized carbons (Fsp3) is 0.571. The van der Waals surface area contributed by atoms with Crippen LogP contribution in [0.25, 0.3) is 0 Å². The molecule has 1 aliphatic rings. The van der Waals surface area contributed by atoms with E-state index in [1.807, 2.05) is 12.1 Å². The first kappa shape index (κ1) is 12.9. The summed E-state index contributed by atoms with van der Waals surface area (Å²) in [6.45, 7) is 6.54. The molecule has 1 saturated heterocycles. The van der Waals surface area contributed by atoms with E-state index in [1.54, 1.807) is 0 Å². The first-order chi connectivity index (χ1) is 8.29. The second-order valence-corrected chi connectivity index (χ2v) is 5.12. The lowest BCUT2D eigenvalue weighted by Crippen LogP contribution is -2.37. The van der Waals surface area contributed by atoms with Gasteiger partial charge in [0.1, 0.15) is 0 Å². The van der Waals surface area contributed by atoms with Crippen LogP contribution in [0.1, 0.15) is 25.3 Å². The molecule has 1 aromatic carbocycles. The molecule has 0 radical (unpaired) electrons. The lowest BCUT2D eigenvalue weighted by atomic mass is 10.1. The number of halogens is 1. The summed E-state index contributed by atoms with van der Waals surface area (Å²) in [5, 5.41) is 4.43. The molecule has 0 spiro atoms. The van der Waals surface area contributed by atoms with Crippen molar-refractivity contribution in [2.24, 2.45) is 0 Å². The summed E-state index contributed by atoms with van der Waals surface area (Å²) in [5.74, 6) is 0. The summed E-state index contributed by atoms with van der Waals surface area (Å²) in [6, 6.07) is 8.80. The van der Waals surface area contributed by atoms with E-state index in [2.05, 4.69) is 29.3 Å². The summed E-state index contributed by atoms with van der Waals surface area (Å²) in [4.78, 5) is 2.46. The molecule has 1 N–H and O–H groups in total. The maximum atomic E-state index is 6.20. The first-order valence-electron chi connectivity index (χ1n) is 6.48. The molecular formula is C14H21ClN2. The standard InChI is InChI=1S/C14H21ClN2/c1-2-17(11-13-7-5-9-16-13)10-12-6-3-4-8-14(12)15/h3-4,6,8,13,16H,2,5,7,9-11H2,1H3/t13-/m0/s1. The van der Waals surface area contributed by atoms with E-state index < -0.39 is 0 Å². The van der Waals surface area contributed by atoms with Gasteiger partial charge >= 0.3 is 0 Å². The third kappa shape index (κ3) is 3.70. The van der Waals surface area contributed by atoms with Gasteiger partial charge in [0.15, 0.2) is 0 Å². The van der Waals surface area contributed by atoms with Crippen molar-refractivity contribution >= 4 is 11.6 Å². The van der Waals surface area contributed by atoms with Gasteiger partial charge in [-0.2, -0.15) is 0 Å². The van der Waals surface area contributed by atoms with Gasteiger partial charge in [0.2, 0.25) is 0 Å². The highest BCUT2D eigenvalue weighted by atomic mass is 35.5. The Labute approximate surface area is 109 Å². The molecule has 2 rings (SSSR count). The first-order valence-corrected chi connectivity index (χ1v) is 6.86. The molecule has 17 heavy (non-hydrogen) atoms. The Morgan fingerprint density at radius 1 is 1.41 bits per heavy atom. The van der Waals surface area contributed by atoms with Crippen molar-refractivity contribution in [3.63, 3.8) is 0 Å². The molecule has 0 amide bonds. The highest BCUT2D eigenvalue weighted by Crippen LogP contribution is 2.17. The normalized spacial score (nSPS) is 20.1. The van der Waals surface area contributed by atoms with Crippen molar-refractivity contribution in [3.05, 3.63) is 34.9 Å². The molecule has 1 fully saturated rings. The molecular weight excluding hydrogens is 232 g/mol. The van der Waals surface area contributed by atoms with Crippen LogP contribution in [0.3, 0.4) is 0 Å². The number of rotatable bonds is 5. The Morgan fingerprint density at radius 2 is 2.24 bits per heavy atom. The van der Waals surface area contributed by atoms with Crippen LogP contribution >= 0.6 is 11.6 Å². The van der Waals surface area contributed by atoms with Gasteiger partial charge in [-0.15, -0.1) is 0 Å². The Bertz CT molecular complexity index is 348. The summed E-state index contributed by atoms with van der Waals surface area (Å²) in [7, 11) is 0. The zero-order valence-electron chi connectivity index (χ0n) is 10.5. The molecule has 1 aliphatic heterocycles. The molecule has 0 saturated carbocycles. The van der Waals surface area contributed by atoms with E-state index in [1.165, 1.54) is 24.9 Å². The molecule has 0 bridgehead atoms. The number of nitrogens with one attached hydrogen (secondary N) is 1. The maximum Gasteiger partial charge on any atom is 0.0451 e. The Morgan fingerprint density at radius 3 is 2.88 bits per heavy atom. The van der Waals surface area contributed by atoms with Crippen LogP contribution in [-0.2, 0) is 6.54 Å². The minimum absolute atomic E-state index is 0.664. The fourth-order valence-electron chi connectivity index (χ4n) is 2.40. The minimum atomic E-state index is 0.664. The topological polar surface area (TPSA) is 15.3 Å². The molecule has 2 nitrogen and oxygen atoms in total. The van der Waals surface area contributed by atoms with E-state index >= 15 is 0 Å². The van der Waals surface area contributed by atoms with Gasteiger partial charge < -0.3 is 5.32 Å². The van der Waals surface area contributed by atoms with Crippen molar-refractivity contribution in [3.8, 4) is 0 Å². The molecule has 1 heterocycles. The van der Waals surface area contributed by atoms with Crippen LogP contribution in [0, 0.1) is 0 Å². The van der Waals surface area contributed by atoms with E-state index in [4.69, 9.17) is 11.6 Å². The van der Waals surface area contributed by atoms with Crippen molar-refractivity contribution < 1.29 is 0 Å². The lowest BCUT2D eigenvalue weighted by Gasteiger charge is -2.24. The SMILES string of the molecule is CCN(Cc1ccccc1Cl)C[C@@H]1CCCN1. The zero-order chi connectivity index (χ0) is 12.1. The third-order valence-electron chi connectivity index (χ3n) is 3.44. The van der Waals surface area contributed by atoms with Gasteiger partial charge in [-0.05, 0) is 37.6 Å². The smallest absolute Gasteiger partial charge is 0.0451 e. The summed E-state index contributed by atoms with van der Waals surface area (Å²) >= 11 is 6.20. The van der Waals surface area contributed by atoms with Crippen molar-refractivity contribution in [1.29, 1.82) is 0 Å². The van der Waals surface area contributed by atoms with Crippen LogP contribution in [0.4, 0.5) is 0 Å². The highest BCUT2D eigenvalue weighted by molar-refractivity contribution is 6.31. The molecule has 0 aliphatic carbocycles. The van der Waals surface area contributed by atoms with Crippen LogP contribution in [0.5, 0.6) is 0 Å². The highest BCUT2D eigenvalue weighted by Gasteiger charge is 2.17. The number of benzene rings is 1. The summed E-state index contributed by atoms with van der Waals surface area (Å²) in [5.41, 5.74) is 1.23. The van der Waals surface area contributed by atoms with Crippen molar-refractivity contribution in [1.82, 2.24) is 10.2 Å². The number of likely N-dealkylation sites (N-methyl/N-ethyl adjacent to an activating group) is 1. The number of hydrogen-bond acceptors (Lipinski definition) is 2. The van der Waals surface area contributed by atoms with Gasteiger partial charge in [-0.3, -0.25) is 4.90 Å². The predicted octanol–water partition coefficient (Wildman–Crippen LogP) is 2.91. The fourth-order valence-corrected chi connectivity index (χ4v) is 2.59. The average Bonchev–Trinajstić information content (AvgIpc) is 2.84. The molecule has 3 heteroatoms. The Hall–Kier alpha value is -0.570. The Balaban J connectivity index is 1.92. The molecule has 94 valence electrons. The second kappa shape index (κ2) is 6.39. The van der Waals surface area contributed by atoms with Crippen LogP contribution in [-0.4, -0.2) is 30.6 Å². The average molecular weight is 253 g/mol. The van der Waals surface area contributed by atoms with Crippen LogP contribution in [0.2, 0.25) is 5.02 Å². The van der Waals surface area contributed by atoms with Gasteiger partial charge in [0.25, 0.3) is 0 Å². The van der Waals surface area contributed by atoms with Crippen LogP contribution in [0.15, 0.2) is 24.3 Å². The summed E-state index contributed by atoms with van der Waals surface area (Å²) in [6.07, 6.45) is 2.62. The quantitative estimate of drug-likeness (QED) is 0.867. The van der Waals surface area contributed by atoms with E-state index in [9.17, 15) is 0 Å². The molecule has 0 unspecified atom stereocenters. The third-order valence-corrected chi connectivity index (χ3v) is 3.81. The van der Waals surface area contributed by atoms with E-state index in [-0.39, 0.29) is 0 Å². The minimum Gasteiger partial charge on any atom is -0.313 e. The Kier molecular flexibility index (Phi) is 4.84. The second-order valence-electron chi connectivity index (χ2n) is 4.71. The number of hydrogen-bond donors (Lipinski definition) is 1. The molecule has 1 atom stereocenters. The monoisotopic (exact) mass is 252 g/mol. The van der Waals surface area contributed by atoms with Gasteiger partial charge in [-0.1, -0.05) is 36.7 Å². The lowest BCUT2D eigenvalue weighted by molar-refractivity contribution is 0.253. The molecule has 0 aromatic heterocycles. The van der Waals surface area contributed by atoms with Crippen molar-refractivity contribution in [2.75, 3.05) is 19.6 Å². The largest absolute Gasteiger partial charge is 0.313 e. The zero-order valence-corrected chi connectivity index (χ0v) is 11.2.